The Kier molecular flexibility index (Phi) is 2.49. The van der Waals surface area contributed by atoms with Crippen LogP contribution < -0.4 is 4.74 Å². The van der Waals surface area contributed by atoms with Crippen molar-refractivity contribution in [3.05, 3.63) is 12.5 Å². The number of ether oxygens (including phenoxy) is 1. The highest BCUT2D eigenvalue weighted by molar-refractivity contribution is 5.08. The van der Waals surface area contributed by atoms with Gasteiger partial charge in [-0.05, 0) is 26.4 Å². The molecule has 1 aliphatic heterocycles. The first-order chi connectivity index (χ1) is 6.34. The summed E-state index contributed by atoms with van der Waals surface area (Å²) >= 11 is 0. The second-order valence-electron chi connectivity index (χ2n) is 3.50. The number of nitrogens with zero attached hydrogens (tertiary/aromatic N) is 2. The van der Waals surface area contributed by atoms with E-state index in [2.05, 4.69) is 17.1 Å². The number of likely N-dealkylation sites (tertiary alicyclic amines) is 1. The van der Waals surface area contributed by atoms with Gasteiger partial charge in [-0.1, -0.05) is 5.16 Å². The maximum atomic E-state index is 5.67. The average Bonchev–Trinajstić information content (AvgIpc) is 2.57. The van der Waals surface area contributed by atoms with E-state index in [0.717, 1.165) is 18.7 Å². The SMILES string of the molecule is CN1CCCC(Oc2cnoc2)C1. The maximum Gasteiger partial charge on any atom is 0.179 e. The second-order valence-corrected chi connectivity index (χ2v) is 3.50. The van der Waals surface area contributed by atoms with Crippen LogP contribution in [0.25, 0.3) is 0 Å². The van der Waals surface area contributed by atoms with Gasteiger partial charge in [-0.3, -0.25) is 0 Å². The fraction of sp³-hybridized carbons (Fsp3) is 0.667. The van der Waals surface area contributed by atoms with Crippen LogP contribution in [0.5, 0.6) is 5.75 Å². The largest absolute Gasteiger partial charge is 0.484 e. The lowest BCUT2D eigenvalue weighted by atomic mass is 10.1. The highest BCUT2D eigenvalue weighted by Crippen LogP contribution is 2.16. The Morgan fingerprint density at radius 3 is 3.31 bits per heavy atom. The molecule has 72 valence electrons. The molecule has 1 fully saturated rings. The predicted molar refractivity (Wildman–Crippen MR) is 47.7 cm³/mol. The molecule has 1 saturated heterocycles. The summed E-state index contributed by atoms with van der Waals surface area (Å²) in [5.41, 5.74) is 0. The van der Waals surface area contributed by atoms with Gasteiger partial charge in [0.05, 0.1) is 0 Å². The van der Waals surface area contributed by atoms with Gasteiger partial charge < -0.3 is 14.2 Å². The summed E-state index contributed by atoms with van der Waals surface area (Å²) in [4.78, 5) is 2.28. The second kappa shape index (κ2) is 3.79. The quantitative estimate of drug-likeness (QED) is 0.687. The lowest BCUT2D eigenvalue weighted by Crippen LogP contribution is -2.38. The van der Waals surface area contributed by atoms with E-state index in [1.165, 1.54) is 19.2 Å². The zero-order chi connectivity index (χ0) is 9.10. The predicted octanol–water partition coefficient (Wildman–Crippen LogP) is 1.15. The highest BCUT2D eigenvalue weighted by Gasteiger charge is 2.18. The first-order valence-electron chi connectivity index (χ1n) is 4.59. The van der Waals surface area contributed by atoms with Crippen molar-refractivity contribution in [3.8, 4) is 5.75 Å². The Bertz CT molecular complexity index is 248. The molecule has 13 heavy (non-hydrogen) atoms. The molecule has 0 aromatic carbocycles. The lowest BCUT2D eigenvalue weighted by molar-refractivity contribution is 0.103. The standard InChI is InChI=1S/C9H14N2O2/c1-11-4-2-3-8(6-11)13-9-5-10-12-7-9/h5,7-8H,2-4,6H2,1H3. The van der Waals surface area contributed by atoms with E-state index in [9.17, 15) is 0 Å². The van der Waals surface area contributed by atoms with Crippen LogP contribution in [0.3, 0.4) is 0 Å². The van der Waals surface area contributed by atoms with Crippen molar-refractivity contribution >= 4 is 0 Å². The summed E-state index contributed by atoms with van der Waals surface area (Å²) in [6, 6.07) is 0. The number of hydrogen-bond donors (Lipinski definition) is 0. The maximum absolute atomic E-state index is 5.67. The number of hydrogen-bond acceptors (Lipinski definition) is 4. The molecule has 1 atom stereocenters. The molecule has 1 unspecified atom stereocenters. The first kappa shape index (κ1) is 8.56. The minimum absolute atomic E-state index is 0.290. The van der Waals surface area contributed by atoms with Gasteiger partial charge in [0, 0.05) is 6.54 Å². The Hall–Kier alpha value is -1.03. The van der Waals surface area contributed by atoms with E-state index < -0.39 is 0 Å². The van der Waals surface area contributed by atoms with Crippen molar-refractivity contribution in [3.63, 3.8) is 0 Å². The third-order valence-electron chi connectivity index (χ3n) is 2.29. The van der Waals surface area contributed by atoms with Gasteiger partial charge in [-0.15, -0.1) is 0 Å². The molecule has 1 aromatic heterocycles. The molecular formula is C9H14N2O2. The molecule has 4 nitrogen and oxygen atoms in total. The van der Waals surface area contributed by atoms with Crippen molar-refractivity contribution in [1.82, 2.24) is 10.1 Å². The average molecular weight is 182 g/mol. The Morgan fingerprint density at radius 2 is 2.62 bits per heavy atom. The fourth-order valence-electron chi connectivity index (χ4n) is 1.66. The first-order valence-corrected chi connectivity index (χ1v) is 4.59. The number of piperidine rings is 1. The molecular weight excluding hydrogens is 168 g/mol. The molecule has 0 bridgehead atoms. The van der Waals surface area contributed by atoms with E-state index in [1.807, 2.05) is 0 Å². The van der Waals surface area contributed by atoms with Gasteiger partial charge in [0.1, 0.15) is 12.3 Å². The molecule has 4 heteroatoms. The van der Waals surface area contributed by atoms with E-state index in [1.54, 1.807) is 6.20 Å². The normalized spacial score (nSPS) is 24.5. The summed E-state index contributed by atoms with van der Waals surface area (Å²) in [5, 5.41) is 3.59. The van der Waals surface area contributed by atoms with Gasteiger partial charge >= 0.3 is 0 Å². The number of likely N-dealkylation sites (N-methyl/N-ethyl adjacent to an activating group) is 1. The summed E-state index contributed by atoms with van der Waals surface area (Å²) in [6.07, 6.45) is 5.75. The van der Waals surface area contributed by atoms with Gasteiger partial charge in [0.25, 0.3) is 0 Å². The van der Waals surface area contributed by atoms with Gasteiger partial charge in [-0.2, -0.15) is 0 Å². The summed E-state index contributed by atoms with van der Waals surface area (Å²) < 4.78 is 10.4. The smallest absolute Gasteiger partial charge is 0.179 e. The van der Waals surface area contributed by atoms with E-state index in [0.29, 0.717) is 0 Å². The van der Waals surface area contributed by atoms with Crippen LogP contribution in [0, 0.1) is 0 Å². The van der Waals surface area contributed by atoms with Crippen LogP contribution in [0.15, 0.2) is 17.0 Å². The minimum Gasteiger partial charge on any atom is -0.484 e. The number of aromatic nitrogens is 1. The summed E-state index contributed by atoms with van der Waals surface area (Å²) in [7, 11) is 2.11. The topological polar surface area (TPSA) is 38.5 Å². The van der Waals surface area contributed by atoms with Crippen LogP contribution in [0.2, 0.25) is 0 Å². The van der Waals surface area contributed by atoms with E-state index in [4.69, 9.17) is 9.26 Å². The van der Waals surface area contributed by atoms with Crippen molar-refractivity contribution in [1.29, 1.82) is 0 Å². The molecule has 1 aromatic rings. The third-order valence-corrected chi connectivity index (χ3v) is 2.29. The Labute approximate surface area is 77.5 Å². The molecule has 0 aliphatic carbocycles. The van der Waals surface area contributed by atoms with Gasteiger partial charge in [0.15, 0.2) is 12.0 Å². The van der Waals surface area contributed by atoms with Gasteiger partial charge in [-0.25, -0.2) is 0 Å². The third kappa shape index (κ3) is 2.21. The molecule has 0 spiro atoms. The van der Waals surface area contributed by atoms with Crippen molar-refractivity contribution < 1.29 is 9.26 Å². The van der Waals surface area contributed by atoms with E-state index >= 15 is 0 Å². The summed E-state index contributed by atoms with van der Waals surface area (Å²) in [6.45, 7) is 2.16. The highest BCUT2D eigenvalue weighted by atomic mass is 16.5. The zero-order valence-corrected chi connectivity index (χ0v) is 7.77. The number of rotatable bonds is 2. The fourth-order valence-corrected chi connectivity index (χ4v) is 1.66. The molecule has 1 aliphatic rings. The molecule has 0 amide bonds. The Balaban J connectivity index is 1.87. The van der Waals surface area contributed by atoms with Crippen molar-refractivity contribution in [2.24, 2.45) is 0 Å². The lowest BCUT2D eigenvalue weighted by Gasteiger charge is -2.29. The molecule has 0 N–H and O–H groups in total. The van der Waals surface area contributed by atoms with Crippen LogP contribution in [-0.2, 0) is 0 Å². The molecule has 2 rings (SSSR count). The molecule has 0 radical (unpaired) electrons. The molecule has 2 heterocycles. The van der Waals surface area contributed by atoms with Gasteiger partial charge in [0.2, 0.25) is 0 Å². The van der Waals surface area contributed by atoms with Crippen LogP contribution in [0.4, 0.5) is 0 Å². The van der Waals surface area contributed by atoms with E-state index in [-0.39, 0.29) is 6.10 Å². The van der Waals surface area contributed by atoms with Crippen molar-refractivity contribution in [2.45, 2.75) is 18.9 Å². The monoisotopic (exact) mass is 182 g/mol. The zero-order valence-electron chi connectivity index (χ0n) is 7.77. The minimum atomic E-state index is 0.290. The van der Waals surface area contributed by atoms with Crippen LogP contribution in [0.1, 0.15) is 12.8 Å². The van der Waals surface area contributed by atoms with Crippen molar-refractivity contribution in [2.75, 3.05) is 20.1 Å². The summed E-state index contributed by atoms with van der Waals surface area (Å²) in [5.74, 6) is 0.736. The van der Waals surface area contributed by atoms with Crippen LogP contribution in [-0.4, -0.2) is 36.3 Å². The Morgan fingerprint density at radius 1 is 1.69 bits per heavy atom. The van der Waals surface area contributed by atoms with Crippen LogP contribution >= 0.6 is 0 Å². The molecule has 0 saturated carbocycles.